The standard InChI is InChI=1S/C39H44N2O5/c1-27(2)24-34(40-36(42)32-20-18-31(19-21-32)30-14-10-7-11-15-30)37(43)41-35(38(44)46-39(3,4)5)25-28-16-22-33(23-17-28)45-26-29-12-8-6-9-13-29/h6-23,27,34-35H,24-26H2,1-5H3,(H,40,42)(H,41,43)/t34-,35-/m0/s1. The lowest BCUT2D eigenvalue weighted by Crippen LogP contribution is -2.53. The molecule has 0 heterocycles. The molecule has 0 saturated heterocycles. The van der Waals surface area contributed by atoms with Crippen molar-refractivity contribution in [3.63, 3.8) is 0 Å². The van der Waals surface area contributed by atoms with Crippen molar-refractivity contribution in [2.24, 2.45) is 5.92 Å². The molecule has 2 atom stereocenters. The molecule has 0 radical (unpaired) electrons. The normalized spacial score (nSPS) is 12.6. The van der Waals surface area contributed by atoms with E-state index in [1.54, 1.807) is 32.9 Å². The van der Waals surface area contributed by atoms with Crippen molar-refractivity contribution >= 4 is 17.8 Å². The maximum absolute atomic E-state index is 13.7. The second-order valence-electron chi connectivity index (χ2n) is 12.8. The molecular formula is C39H44N2O5. The van der Waals surface area contributed by atoms with Gasteiger partial charge in [-0.3, -0.25) is 9.59 Å². The summed E-state index contributed by atoms with van der Waals surface area (Å²) in [6.07, 6.45) is 0.608. The Hall–Kier alpha value is -4.91. The molecule has 0 aliphatic carbocycles. The van der Waals surface area contributed by atoms with Gasteiger partial charge in [-0.1, -0.05) is 98.8 Å². The molecule has 0 aliphatic heterocycles. The molecule has 0 spiro atoms. The van der Waals surface area contributed by atoms with Gasteiger partial charge in [0, 0.05) is 12.0 Å². The molecule has 7 heteroatoms. The molecular weight excluding hydrogens is 576 g/mol. The quantitative estimate of drug-likeness (QED) is 0.155. The molecule has 2 N–H and O–H groups in total. The topological polar surface area (TPSA) is 93.7 Å². The van der Waals surface area contributed by atoms with Crippen LogP contribution in [0.4, 0.5) is 0 Å². The zero-order valence-electron chi connectivity index (χ0n) is 27.3. The summed E-state index contributed by atoms with van der Waals surface area (Å²) in [5, 5.41) is 5.78. The van der Waals surface area contributed by atoms with E-state index in [1.807, 2.05) is 111 Å². The second-order valence-corrected chi connectivity index (χ2v) is 12.8. The number of benzene rings is 4. The molecule has 7 nitrogen and oxygen atoms in total. The van der Waals surface area contributed by atoms with E-state index in [1.165, 1.54) is 0 Å². The van der Waals surface area contributed by atoms with Gasteiger partial charge in [0.15, 0.2) is 0 Å². The number of amides is 2. The van der Waals surface area contributed by atoms with Gasteiger partial charge in [0.05, 0.1) is 0 Å². The van der Waals surface area contributed by atoms with E-state index in [4.69, 9.17) is 9.47 Å². The van der Waals surface area contributed by atoms with E-state index in [2.05, 4.69) is 10.6 Å². The lowest BCUT2D eigenvalue weighted by Gasteiger charge is -2.27. The van der Waals surface area contributed by atoms with Crippen LogP contribution in [0.2, 0.25) is 0 Å². The Morgan fingerprint density at radius 3 is 1.85 bits per heavy atom. The molecule has 0 bridgehead atoms. The summed E-state index contributed by atoms with van der Waals surface area (Å²) in [6, 6.07) is 32.7. The van der Waals surface area contributed by atoms with Crippen molar-refractivity contribution in [2.45, 2.75) is 71.8 Å². The van der Waals surface area contributed by atoms with Crippen LogP contribution in [0, 0.1) is 5.92 Å². The first kappa shape index (κ1) is 34.0. The van der Waals surface area contributed by atoms with Crippen LogP contribution in [-0.4, -0.2) is 35.5 Å². The Bertz CT molecular complexity index is 1560. The highest BCUT2D eigenvalue weighted by molar-refractivity contribution is 5.98. The summed E-state index contributed by atoms with van der Waals surface area (Å²) in [4.78, 5) is 40.3. The van der Waals surface area contributed by atoms with Crippen LogP contribution in [0.3, 0.4) is 0 Å². The zero-order valence-corrected chi connectivity index (χ0v) is 27.3. The molecule has 0 aromatic heterocycles. The highest BCUT2D eigenvalue weighted by Gasteiger charge is 2.31. The lowest BCUT2D eigenvalue weighted by atomic mass is 10.00. The predicted octanol–water partition coefficient (Wildman–Crippen LogP) is 7.15. The molecule has 240 valence electrons. The third-order valence-corrected chi connectivity index (χ3v) is 7.20. The van der Waals surface area contributed by atoms with Gasteiger partial charge in [0.1, 0.15) is 30.0 Å². The Labute approximate surface area is 272 Å². The van der Waals surface area contributed by atoms with Gasteiger partial charge in [-0.25, -0.2) is 4.79 Å². The fourth-order valence-electron chi connectivity index (χ4n) is 4.93. The Morgan fingerprint density at radius 2 is 1.26 bits per heavy atom. The van der Waals surface area contributed by atoms with Crippen molar-refractivity contribution < 1.29 is 23.9 Å². The molecule has 0 unspecified atom stereocenters. The van der Waals surface area contributed by atoms with Crippen LogP contribution in [-0.2, 0) is 27.4 Å². The average molecular weight is 621 g/mol. The number of hydrogen-bond donors (Lipinski definition) is 2. The van der Waals surface area contributed by atoms with Crippen molar-refractivity contribution in [3.05, 3.63) is 126 Å². The summed E-state index contributed by atoms with van der Waals surface area (Å²) in [5.74, 6) is -0.541. The number of nitrogens with one attached hydrogen (secondary N) is 2. The highest BCUT2D eigenvalue weighted by Crippen LogP contribution is 2.20. The van der Waals surface area contributed by atoms with Gasteiger partial charge < -0.3 is 20.1 Å². The fourth-order valence-corrected chi connectivity index (χ4v) is 4.93. The molecule has 0 aliphatic rings. The molecule has 46 heavy (non-hydrogen) atoms. The first-order valence-corrected chi connectivity index (χ1v) is 15.7. The molecule has 0 fully saturated rings. The highest BCUT2D eigenvalue weighted by atomic mass is 16.6. The summed E-state index contributed by atoms with van der Waals surface area (Å²) >= 11 is 0. The minimum Gasteiger partial charge on any atom is -0.489 e. The first-order chi connectivity index (χ1) is 22.0. The van der Waals surface area contributed by atoms with Crippen LogP contribution in [0.5, 0.6) is 5.75 Å². The molecule has 0 saturated carbocycles. The number of rotatable bonds is 13. The summed E-state index contributed by atoms with van der Waals surface area (Å²) in [6.45, 7) is 9.76. The van der Waals surface area contributed by atoms with Crippen LogP contribution < -0.4 is 15.4 Å². The molecule has 4 aromatic rings. The minimum absolute atomic E-state index is 0.111. The second kappa shape index (κ2) is 15.9. The van der Waals surface area contributed by atoms with Crippen molar-refractivity contribution in [3.8, 4) is 16.9 Å². The third kappa shape index (κ3) is 10.6. The van der Waals surface area contributed by atoms with Gasteiger partial charge in [-0.2, -0.15) is 0 Å². The van der Waals surface area contributed by atoms with Gasteiger partial charge in [0.2, 0.25) is 5.91 Å². The van der Waals surface area contributed by atoms with E-state index in [9.17, 15) is 14.4 Å². The smallest absolute Gasteiger partial charge is 0.329 e. The van der Waals surface area contributed by atoms with E-state index in [0.29, 0.717) is 24.3 Å². The van der Waals surface area contributed by atoms with Gasteiger partial charge in [-0.15, -0.1) is 0 Å². The van der Waals surface area contributed by atoms with Crippen LogP contribution in [0.25, 0.3) is 11.1 Å². The van der Waals surface area contributed by atoms with E-state index in [-0.39, 0.29) is 18.2 Å². The van der Waals surface area contributed by atoms with Crippen molar-refractivity contribution in [2.75, 3.05) is 0 Å². The van der Waals surface area contributed by atoms with Crippen LogP contribution in [0.15, 0.2) is 109 Å². The van der Waals surface area contributed by atoms with Crippen molar-refractivity contribution in [1.82, 2.24) is 10.6 Å². The van der Waals surface area contributed by atoms with E-state index < -0.39 is 29.6 Å². The van der Waals surface area contributed by atoms with E-state index in [0.717, 1.165) is 22.3 Å². The Balaban J connectivity index is 1.45. The largest absolute Gasteiger partial charge is 0.489 e. The van der Waals surface area contributed by atoms with Crippen LogP contribution >= 0.6 is 0 Å². The first-order valence-electron chi connectivity index (χ1n) is 15.7. The molecule has 4 aromatic carbocycles. The minimum atomic E-state index is -0.959. The Kier molecular flexibility index (Phi) is 11.7. The van der Waals surface area contributed by atoms with Gasteiger partial charge in [0.25, 0.3) is 5.91 Å². The Morgan fingerprint density at radius 1 is 0.674 bits per heavy atom. The number of esters is 1. The average Bonchev–Trinajstić information content (AvgIpc) is 3.03. The lowest BCUT2D eigenvalue weighted by molar-refractivity contribution is -0.158. The summed E-state index contributed by atoms with van der Waals surface area (Å²) < 4.78 is 11.6. The van der Waals surface area contributed by atoms with Gasteiger partial charge in [-0.05, 0) is 79.6 Å². The number of hydrogen-bond acceptors (Lipinski definition) is 5. The zero-order chi connectivity index (χ0) is 33.1. The maximum Gasteiger partial charge on any atom is 0.329 e. The maximum atomic E-state index is 13.7. The number of carbonyl (C=O) groups is 3. The summed E-state index contributed by atoms with van der Waals surface area (Å²) in [7, 11) is 0. The number of ether oxygens (including phenoxy) is 2. The SMILES string of the molecule is CC(C)C[C@H](NC(=O)c1ccc(-c2ccccc2)cc1)C(=O)N[C@@H](Cc1ccc(OCc2ccccc2)cc1)C(=O)OC(C)(C)C. The van der Waals surface area contributed by atoms with E-state index >= 15 is 0 Å². The fraction of sp³-hybridized carbons (Fsp3) is 0.308. The molecule has 2 amide bonds. The third-order valence-electron chi connectivity index (χ3n) is 7.20. The molecule has 4 rings (SSSR count). The number of carbonyl (C=O) groups excluding carboxylic acids is 3. The van der Waals surface area contributed by atoms with Gasteiger partial charge >= 0.3 is 5.97 Å². The summed E-state index contributed by atoms with van der Waals surface area (Å²) in [5.41, 5.74) is 3.63. The van der Waals surface area contributed by atoms with Crippen molar-refractivity contribution in [1.29, 1.82) is 0 Å². The monoisotopic (exact) mass is 620 g/mol. The predicted molar refractivity (Wildman–Crippen MR) is 181 cm³/mol. The van der Waals surface area contributed by atoms with Crippen LogP contribution in [0.1, 0.15) is 62.5 Å².